The van der Waals surface area contributed by atoms with Gasteiger partial charge in [-0.05, 0) is 31.2 Å². The second kappa shape index (κ2) is 8.44. The van der Waals surface area contributed by atoms with Gasteiger partial charge in [-0.25, -0.2) is 0 Å². The standard InChI is InChI=1S/C18H19N3O6S/c1-12-16(8-13(20(23)24)9-17(12)21(25)26)18(22)19(10-14-4-2-6-27-14)11-15-5-3-7-28-15/h3,5,7-9,14H,2,4,6,10-11H2,1H3. The number of hydrogen-bond donors (Lipinski definition) is 0. The predicted octanol–water partition coefficient (Wildman–Crippen LogP) is 3.69. The Morgan fingerprint density at radius 3 is 2.68 bits per heavy atom. The van der Waals surface area contributed by atoms with Crippen molar-refractivity contribution in [2.45, 2.75) is 32.4 Å². The number of carbonyl (C=O) groups is 1. The van der Waals surface area contributed by atoms with E-state index in [-0.39, 0.29) is 17.2 Å². The molecule has 1 aromatic heterocycles. The molecule has 0 spiro atoms. The van der Waals surface area contributed by atoms with Crippen LogP contribution < -0.4 is 0 Å². The zero-order chi connectivity index (χ0) is 20.3. The van der Waals surface area contributed by atoms with Gasteiger partial charge in [0.25, 0.3) is 17.3 Å². The summed E-state index contributed by atoms with van der Waals surface area (Å²) in [6.45, 7) is 2.70. The number of carbonyl (C=O) groups excluding carboxylic acids is 1. The van der Waals surface area contributed by atoms with Crippen molar-refractivity contribution in [3.05, 3.63) is 65.9 Å². The number of thiophene rings is 1. The highest BCUT2D eigenvalue weighted by atomic mass is 32.1. The molecule has 0 saturated carbocycles. The lowest BCUT2D eigenvalue weighted by atomic mass is 10.0. The van der Waals surface area contributed by atoms with Crippen LogP contribution in [0.25, 0.3) is 0 Å². The van der Waals surface area contributed by atoms with Crippen molar-refractivity contribution in [2.75, 3.05) is 13.2 Å². The van der Waals surface area contributed by atoms with E-state index < -0.39 is 27.1 Å². The molecule has 0 bridgehead atoms. The molecule has 1 amide bonds. The first-order valence-corrected chi connectivity index (χ1v) is 9.61. The van der Waals surface area contributed by atoms with Gasteiger partial charge in [-0.15, -0.1) is 11.3 Å². The van der Waals surface area contributed by atoms with E-state index in [4.69, 9.17) is 4.74 Å². The van der Waals surface area contributed by atoms with Gasteiger partial charge in [0, 0.05) is 29.7 Å². The Kier molecular flexibility index (Phi) is 6.00. The zero-order valence-electron chi connectivity index (χ0n) is 15.2. The van der Waals surface area contributed by atoms with E-state index in [2.05, 4.69) is 0 Å². The van der Waals surface area contributed by atoms with Gasteiger partial charge in [0.15, 0.2) is 0 Å². The van der Waals surface area contributed by atoms with Crippen LogP contribution in [0, 0.1) is 27.2 Å². The molecule has 0 aliphatic carbocycles. The number of nitro benzene ring substituents is 2. The topological polar surface area (TPSA) is 116 Å². The molecule has 10 heteroatoms. The lowest BCUT2D eigenvalue weighted by Crippen LogP contribution is -2.37. The van der Waals surface area contributed by atoms with E-state index in [1.54, 1.807) is 4.90 Å². The maximum atomic E-state index is 13.3. The molecule has 1 aliphatic heterocycles. The average molecular weight is 405 g/mol. The van der Waals surface area contributed by atoms with Gasteiger partial charge in [-0.3, -0.25) is 25.0 Å². The quantitative estimate of drug-likeness (QED) is 0.512. The molecule has 2 heterocycles. The molecule has 1 fully saturated rings. The summed E-state index contributed by atoms with van der Waals surface area (Å²) < 4.78 is 5.64. The highest BCUT2D eigenvalue weighted by molar-refractivity contribution is 7.09. The van der Waals surface area contributed by atoms with Gasteiger partial charge in [0.1, 0.15) is 0 Å². The molecule has 9 nitrogen and oxygen atoms in total. The van der Waals surface area contributed by atoms with Crippen LogP contribution in [0.2, 0.25) is 0 Å². The third kappa shape index (κ3) is 4.34. The third-order valence-corrected chi connectivity index (χ3v) is 5.53. The van der Waals surface area contributed by atoms with Crippen LogP contribution in [0.4, 0.5) is 11.4 Å². The SMILES string of the molecule is Cc1c(C(=O)N(Cc2cccs2)CC2CCCO2)cc([N+](=O)[O-])cc1[N+](=O)[O-]. The van der Waals surface area contributed by atoms with Gasteiger partial charge in [-0.1, -0.05) is 6.07 Å². The molecule has 1 unspecified atom stereocenters. The number of rotatable bonds is 7. The highest BCUT2D eigenvalue weighted by Crippen LogP contribution is 2.30. The minimum Gasteiger partial charge on any atom is -0.376 e. The van der Waals surface area contributed by atoms with Crippen LogP contribution in [-0.4, -0.2) is 39.9 Å². The van der Waals surface area contributed by atoms with E-state index in [9.17, 15) is 25.0 Å². The number of non-ortho nitro benzene ring substituents is 1. The monoisotopic (exact) mass is 405 g/mol. The van der Waals surface area contributed by atoms with E-state index in [0.717, 1.165) is 29.9 Å². The van der Waals surface area contributed by atoms with Crippen LogP contribution in [0.3, 0.4) is 0 Å². The number of ether oxygens (including phenoxy) is 1. The summed E-state index contributed by atoms with van der Waals surface area (Å²) in [5.41, 5.74) is -0.834. The minimum atomic E-state index is -0.729. The Hall–Kier alpha value is -2.85. The van der Waals surface area contributed by atoms with Crippen LogP contribution in [0.1, 0.15) is 33.6 Å². The van der Waals surface area contributed by atoms with Crippen molar-refractivity contribution in [3.8, 4) is 0 Å². The summed E-state index contributed by atoms with van der Waals surface area (Å²) >= 11 is 1.49. The summed E-state index contributed by atoms with van der Waals surface area (Å²) in [4.78, 5) is 36.8. The zero-order valence-corrected chi connectivity index (χ0v) is 16.0. The normalized spacial score (nSPS) is 16.1. The maximum Gasteiger partial charge on any atom is 0.279 e. The maximum absolute atomic E-state index is 13.3. The van der Waals surface area contributed by atoms with E-state index in [0.29, 0.717) is 19.7 Å². The van der Waals surface area contributed by atoms with Gasteiger partial charge in [0.2, 0.25) is 0 Å². The molecular formula is C18H19N3O6S. The second-order valence-electron chi connectivity index (χ2n) is 6.55. The van der Waals surface area contributed by atoms with Crippen molar-refractivity contribution in [3.63, 3.8) is 0 Å². The van der Waals surface area contributed by atoms with Crippen LogP contribution in [0.5, 0.6) is 0 Å². The molecule has 2 aromatic rings. The summed E-state index contributed by atoms with van der Waals surface area (Å²) in [6, 6.07) is 5.76. The van der Waals surface area contributed by atoms with Crippen molar-refractivity contribution < 1.29 is 19.4 Å². The molecule has 148 valence electrons. The van der Waals surface area contributed by atoms with Crippen molar-refractivity contribution in [1.82, 2.24) is 4.90 Å². The Morgan fingerprint density at radius 2 is 2.11 bits per heavy atom. The van der Waals surface area contributed by atoms with Gasteiger partial charge in [0.05, 0.1) is 34.1 Å². The van der Waals surface area contributed by atoms with Crippen molar-refractivity contribution in [1.29, 1.82) is 0 Å². The van der Waals surface area contributed by atoms with Gasteiger partial charge < -0.3 is 9.64 Å². The fourth-order valence-electron chi connectivity index (χ4n) is 3.22. The summed E-state index contributed by atoms with van der Waals surface area (Å²) in [5, 5.41) is 24.4. The first-order valence-electron chi connectivity index (χ1n) is 8.73. The minimum absolute atomic E-state index is 0.0320. The highest BCUT2D eigenvalue weighted by Gasteiger charge is 2.29. The van der Waals surface area contributed by atoms with E-state index in [1.807, 2.05) is 17.5 Å². The molecule has 3 rings (SSSR count). The number of nitrogens with zero attached hydrogens (tertiary/aromatic N) is 3. The average Bonchev–Trinajstić information content (AvgIpc) is 3.34. The van der Waals surface area contributed by atoms with Crippen molar-refractivity contribution >= 4 is 28.6 Å². The third-order valence-electron chi connectivity index (χ3n) is 4.66. The first kappa shape index (κ1) is 19.9. The van der Waals surface area contributed by atoms with Gasteiger partial charge in [-0.2, -0.15) is 0 Å². The second-order valence-corrected chi connectivity index (χ2v) is 7.58. The Balaban J connectivity index is 1.98. The fourth-order valence-corrected chi connectivity index (χ4v) is 3.94. The largest absolute Gasteiger partial charge is 0.376 e. The van der Waals surface area contributed by atoms with E-state index in [1.165, 1.54) is 18.3 Å². The Bertz CT molecular complexity index is 893. The lowest BCUT2D eigenvalue weighted by Gasteiger charge is -2.25. The molecule has 28 heavy (non-hydrogen) atoms. The molecule has 1 atom stereocenters. The summed E-state index contributed by atoms with van der Waals surface area (Å²) in [5.74, 6) is -0.479. The van der Waals surface area contributed by atoms with Crippen LogP contribution in [0.15, 0.2) is 29.6 Å². The molecule has 0 radical (unpaired) electrons. The Labute approximate surface area is 164 Å². The van der Waals surface area contributed by atoms with Crippen LogP contribution in [-0.2, 0) is 11.3 Å². The summed E-state index contributed by atoms with van der Waals surface area (Å²) in [6.07, 6.45) is 1.62. The number of amides is 1. The van der Waals surface area contributed by atoms with Crippen molar-refractivity contribution in [2.24, 2.45) is 0 Å². The van der Waals surface area contributed by atoms with Crippen LogP contribution >= 0.6 is 11.3 Å². The van der Waals surface area contributed by atoms with Gasteiger partial charge >= 0.3 is 0 Å². The fraction of sp³-hybridized carbons (Fsp3) is 0.389. The number of hydrogen-bond acceptors (Lipinski definition) is 7. The number of benzene rings is 1. The molecular weight excluding hydrogens is 386 g/mol. The molecule has 1 saturated heterocycles. The number of nitro groups is 2. The summed E-state index contributed by atoms with van der Waals surface area (Å²) in [7, 11) is 0. The molecule has 1 aromatic carbocycles. The predicted molar refractivity (Wildman–Crippen MR) is 103 cm³/mol. The van der Waals surface area contributed by atoms with E-state index >= 15 is 0 Å². The molecule has 1 aliphatic rings. The lowest BCUT2D eigenvalue weighted by molar-refractivity contribution is -0.394. The smallest absolute Gasteiger partial charge is 0.279 e. The molecule has 0 N–H and O–H groups in total. The Morgan fingerprint density at radius 1 is 1.32 bits per heavy atom. The first-order chi connectivity index (χ1) is 13.4.